The maximum Gasteiger partial charge on any atom is 0.192 e. The molecule has 1 rings (SSSR count). The summed E-state index contributed by atoms with van der Waals surface area (Å²) in [7, 11) is -1.90. The fourth-order valence-corrected chi connectivity index (χ4v) is 6.54. The van der Waals surface area contributed by atoms with E-state index in [-0.39, 0.29) is 11.7 Å². The predicted molar refractivity (Wildman–Crippen MR) is 116 cm³/mol. The molecule has 0 aliphatic heterocycles. The van der Waals surface area contributed by atoms with Gasteiger partial charge in [0, 0.05) is 18.7 Å². The fourth-order valence-electron chi connectivity index (χ4n) is 3.03. The number of halogens is 3. The van der Waals surface area contributed by atoms with Gasteiger partial charge in [0.05, 0.1) is 28.4 Å². The van der Waals surface area contributed by atoms with Crippen LogP contribution in [0.25, 0.3) is 0 Å². The zero-order valence-corrected chi connectivity index (χ0v) is 19.9. The van der Waals surface area contributed by atoms with Crippen LogP contribution in [-0.2, 0) is 9.16 Å². The molecule has 0 radical (unpaired) electrons. The second-order valence-electron chi connectivity index (χ2n) is 7.80. The highest BCUT2D eigenvalue weighted by molar-refractivity contribution is 6.73. The van der Waals surface area contributed by atoms with Crippen molar-refractivity contribution in [3.63, 3.8) is 0 Å². The normalized spacial score (nSPS) is 13.8. The van der Waals surface area contributed by atoms with Crippen LogP contribution in [0.2, 0.25) is 28.2 Å². The molecule has 1 aromatic rings. The lowest BCUT2D eigenvalue weighted by molar-refractivity contribution is -0.00147. The van der Waals surface area contributed by atoms with Crippen molar-refractivity contribution in [1.82, 2.24) is 5.32 Å². The minimum absolute atomic E-state index is 0.171. The quantitative estimate of drug-likeness (QED) is 0.312. The summed E-state index contributed by atoms with van der Waals surface area (Å²) in [5.74, 6) is -0.441. The van der Waals surface area contributed by atoms with Gasteiger partial charge in [0.15, 0.2) is 8.32 Å². The summed E-state index contributed by atoms with van der Waals surface area (Å²) in [6.45, 7) is 14.4. The molecule has 0 aliphatic carbocycles. The number of hydrogen-bond donors (Lipinski definition) is 1. The van der Waals surface area contributed by atoms with Crippen LogP contribution in [-0.4, -0.2) is 33.6 Å². The Bertz CT molecular complexity index is 561. The minimum Gasteiger partial charge on any atom is -0.409 e. The van der Waals surface area contributed by atoms with Gasteiger partial charge < -0.3 is 14.5 Å². The molecule has 0 saturated carbocycles. The molecule has 0 aromatic heterocycles. The molecule has 1 aromatic carbocycles. The molecule has 1 unspecified atom stereocenters. The Morgan fingerprint density at radius 2 is 1.59 bits per heavy atom. The molecule has 1 N–H and O–H groups in total. The van der Waals surface area contributed by atoms with Gasteiger partial charge in [0.25, 0.3) is 0 Å². The molecule has 0 aliphatic rings. The van der Waals surface area contributed by atoms with Gasteiger partial charge in [-0.2, -0.15) is 0 Å². The molecule has 156 valence electrons. The van der Waals surface area contributed by atoms with Crippen molar-refractivity contribution in [1.29, 1.82) is 0 Å². The molecule has 7 heteroatoms. The average molecular weight is 438 g/mol. The van der Waals surface area contributed by atoms with Gasteiger partial charge in [-0.1, -0.05) is 44.0 Å². The van der Waals surface area contributed by atoms with Crippen LogP contribution in [0.5, 0.6) is 0 Å². The van der Waals surface area contributed by atoms with Crippen LogP contribution in [0.15, 0.2) is 12.1 Å². The van der Waals surface area contributed by atoms with Crippen LogP contribution < -0.4 is 5.32 Å². The monoisotopic (exact) mass is 437 g/mol. The third kappa shape index (κ3) is 7.99. The zero-order chi connectivity index (χ0) is 20.7. The van der Waals surface area contributed by atoms with E-state index in [0.29, 0.717) is 35.3 Å². The van der Waals surface area contributed by atoms with E-state index >= 15 is 0 Å². The van der Waals surface area contributed by atoms with Crippen LogP contribution in [0.4, 0.5) is 4.39 Å². The first-order valence-electron chi connectivity index (χ1n) is 9.74. The molecule has 3 nitrogen and oxygen atoms in total. The lowest BCUT2D eigenvalue weighted by Gasteiger charge is -2.34. The van der Waals surface area contributed by atoms with Gasteiger partial charge in [-0.15, -0.1) is 0 Å². The summed E-state index contributed by atoms with van der Waals surface area (Å²) in [6.07, 6.45) is -0.313. The smallest absolute Gasteiger partial charge is 0.192 e. The van der Waals surface area contributed by atoms with Crippen molar-refractivity contribution in [2.45, 2.75) is 71.4 Å². The van der Waals surface area contributed by atoms with Gasteiger partial charge in [-0.05, 0) is 51.0 Å². The summed E-state index contributed by atoms with van der Waals surface area (Å²) >= 11 is 12.7. The first-order chi connectivity index (χ1) is 12.6. The third-order valence-corrected chi connectivity index (χ3v) is 10.1. The molecule has 1 atom stereocenters. The second-order valence-corrected chi connectivity index (χ2v) is 13.3. The highest BCUT2D eigenvalue weighted by Gasteiger charge is 2.34. The van der Waals surface area contributed by atoms with Gasteiger partial charge in [0.2, 0.25) is 0 Å². The van der Waals surface area contributed by atoms with Gasteiger partial charge in [-0.25, -0.2) is 4.39 Å². The Hall–Kier alpha value is -0.173. The van der Waals surface area contributed by atoms with E-state index in [4.69, 9.17) is 32.4 Å². The Kier molecular flexibility index (Phi) is 10.2. The number of nitrogens with one attached hydrogen (secondary N) is 1. The maximum absolute atomic E-state index is 13.6. The highest BCUT2D eigenvalue weighted by atomic mass is 35.5. The standard InChI is InChI=1S/C20H34Cl2FNO2Si/c1-7-27(8-2,9-3)26-18(14-24-10-11-25-20(4,5)6)19-16(21)12-15(23)13-17(19)22/h12-13,18,24H,7-11,14H2,1-6H3. The van der Waals surface area contributed by atoms with E-state index in [1.165, 1.54) is 12.1 Å². The number of hydrogen-bond acceptors (Lipinski definition) is 3. The Labute approximate surface area is 175 Å². The van der Waals surface area contributed by atoms with Crippen LogP contribution in [0, 0.1) is 5.82 Å². The number of rotatable bonds is 11. The van der Waals surface area contributed by atoms with Crippen molar-refractivity contribution in [3.05, 3.63) is 33.6 Å². The molecule has 0 heterocycles. The van der Waals surface area contributed by atoms with Crippen LogP contribution >= 0.6 is 23.2 Å². The molecule has 0 amide bonds. The second kappa shape index (κ2) is 11.1. The molecular formula is C20H34Cl2FNO2Si. The van der Waals surface area contributed by atoms with Crippen molar-refractivity contribution in [2.24, 2.45) is 0 Å². The van der Waals surface area contributed by atoms with Crippen molar-refractivity contribution >= 4 is 31.5 Å². The Morgan fingerprint density at radius 1 is 1.07 bits per heavy atom. The maximum atomic E-state index is 13.6. The molecule has 0 bridgehead atoms. The highest BCUT2D eigenvalue weighted by Crippen LogP contribution is 2.37. The van der Waals surface area contributed by atoms with Crippen molar-refractivity contribution in [3.8, 4) is 0 Å². The summed E-state index contributed by atoms with van der Waals surface area (Å²) in [5.41, 5.74) is 0.492. The number of ether oxygens (including phenoxy) is 1. The molecule has 0 saturated heterocycles. The third-order valence-electron chi connectivity index (χ3n) is 4.83. The van der Waals surface area contributed by atoms with E-state index in [9.17, 15) is 4.39 Å². The molecular weight excluding hydrogens is 404 g/mol. The zero-order valence-electron chi connectivity index (χ0n) is 17.4. The van der Waals surface area contributed by atoms with E-state index in [2.05, 4.69) is 26.1 Å². The lowest BCUT2D eigenvalue weighted by Crippen LogP contribution is -2.40. The summed E-state index contributed by atoms with van der Waals surface area (Å²) in [6, 6.07) is 5.64. The van der Waals surface area contributed by atoms with Gasteiger partial charge in [-0.3, -0.25) is 0 Å². The molecule has 0 spiro atoms. The molecule has 27 heavy (non-hydrogen) atoms. The predicted octanol–water partition coefficient (Wildman–Crippen LogP) is 6.60. The SMILES string of the molecule is CC[Si](CC)(CC)OC(CNCCOC(C)(C)C)c1c(Cl)cc(F)cc1Cl. The van der Waals surface area contributed by atoms with Crippen molar-refractivity contribution < 1.29 is 13.6 Å². The van der Waals surface area contributed by atoms with E-state index in [1.807, 2.05) is 20.8 Å². The average Bonchev–Trinajstić information content (AvgIpc) is 2.57. The topological polar surface area (TPSA) is 30.5 Å². The first kappa shape index (κ1) is 24.9. The van der Waals surface area contributed by atoms with Gasteiger partial charge in [0.1, 0.15) is 5.82 Å². The summed E-state index contributed by atoms with van der Waals surface area (Å²) in [5, 5.41) is 4.00. The summed E-state index contributed by atoms with van der Waals surface area (Å²) in [4.78, 5) is 0. The van der Waals surface area contributed by atoms with Crippen molar-refractivity contribution in [2.75, 3.05) is 19.7 Å². The van der Waals surface area contributed by atoms with Gasteiger partial charge >= 0.3 is 0 Å². The van der Waals surface area contributed by atoms with Crippen LogP contribution in [0.1, 0.15) is 53.2 Å². The summed E-state index contributed by atoms with van der Waals surface area (Å²) < 4.78 is 26.1. The van der Waals surface area contributed by atoms with E-state index < -0.39 is 14.1 Å². The Balaban J connectivity index is 2.97. The number of benzene rings is 1. The van der Waals surface area contributed by atoms with Crippen LogP contribution in [0.3, 0.4) is 0 Å². The first-order valence-corrected chi connectivity index (χ1v) is 13.0. The van der Waals surface area contributed by atoms with E-state index in [0.717, 1.165) is 18.1 Å². The lowest BCUT2D eigenvalue weighted by atomic mass is 10.1. The minimum atomic E-state index is -1.90. The molecule has 0 fully saturated rings. The van der Waals surface area contributed by atoms with E-state index in [1.54, 1.807) is 0 Å². The fraction of sp³-hybridized carbons (Fsp3) is 0.700. The largest absolute Gasteiger partial charge is 0.409 e. The Morgan fingerprint density at radius 3 is 2.04 bits per heavy atom.